The molecule has 4 N–H and O–H groups in total. The maximum atomic E-state index is 11.7. The maximum Gasteiger partial charge on any atom is 0.251 e. The number of hydrogen-bond donors (Lipinski definition) is 3. The van der Waals surface area contributed by atoms with Crippen LogP contribution in [0.5, 0.6) is 5.75 Å². The average Bonchev–Trinajstić information content (AvgIpc) is 2.40. The van der Waals surface area contributed by atoms with Crippen LogP contribution in [0.3, 0.4) is 0 Å². The molecule has 6 heteroatoms. The lowest BCUT2D eigenvalue weighted by molar-refractivity contribution is 0.0688. The van der Waals surface area contributed by atoms with E-state index in [0.717, 1.165) is 6.42 Å². The van der Waals surface area contributed by atoms with Gasteiger partial charge in [0.2, 0.25) is 0 Å². The molecule has 0 bridgehead atoms. The number of carbonyl (C=O) groups is 1. The second kappa shape index (κ2) is 8.34. The van der Waals surface area contributed by atoms with Gasteiger partial charge >= 0.3 is 0 Å². The van der Waals surface area contributed by atoms with E-state index in [-0.39, 0.29) is 17.3 Å². The van der Waals surface area contributed by atoms with E-state index in [4.69, 9.17) is 15.2 Å². The van der Waals surface area contributed by atoms with Crippen LogP contribution in [0, 0.1) is 0 Å². The molecular formula is C13H20N2O4. The first-order valence-electron chi connectivity index (χ1n) is 6.08. The molecule has 0 atom stereocenters. The lowest BCUT2D eigenvalue weighted by atomic mass is 10.2. The SMILES string of the molecule is COCCOCCCNC(=O)c1ccc(N)c(O)c1. The Morgan fingerprint density at radius 1 is 1.37 bits per heavy atom. The Hall–Kier alpha value is -1.79. The number of nitrogens with one attached hydrogen (secondary N) is 1. The van der Waals surface area contributed by atoms with Crippen molar-refractivity contribution in [1.82, 2.24) is 5.32 Å². The number of aromatic hydroxyl groups is 1. The minimum atomic E-state index is -0.243. The summed E-state index contributed by atoms with van der Waals surface area (Å²) in [6.07, 6.45) is 0.719. The van der Waals surface area contributed by atoms with Gasteiger partial charge in [-0.1, -0.05) is 0 Å². The summed E-state index contributed by atoms with van der Waals surface area (Å²) < 4.78 is 10.1. The molecule has 0 aliphatic carbocycles. The van der Waals surface area contributed by atoms with Gasteiger partial charge < -0.3 is 25.6 Å². The first-order chi connectivity index (χ1) is 9.15. The zero-order valence-corrected chi connectivity index (χ0v) is 11.0. The van der Waals surface area contributed by atoms with Gasteiger partial charge in [0.05, 0.1) is 18.9 Å². The van der Waals surface area contributed by atoms with E-state index >= 15 is 0 Å². The van der Waals surface area contributed by atoms with E-state index in [9.17, 15) is 9.90 Å². The zero-order chi connectivity index (χ0) is 14.1. The second-order valence-corrected chi connectivity index (χ2v) is 3.99. The highest BCUT2D eigenvalue weighted by molar-refractivity contribution is 5.95. The Morgan fingerprint density at radius 3 is 2.84 bits per heavy atom. The van der Waals surface area contributed by atoms with E-state index in [1.54, 1.807) is 13.2 Å². The number of ether oxygens (including phenoxy) is 2. The summed E-state index contributed by atoms with van der Waals surface area (Å²) in [6, 6.07) is 4.41. The quantitative estimate of drug-likeness (QED) is 0.367. The van der Waals surface area contributed by atoms with E-state index in [1.807, 2.05) is 0 Å². The number of benzene rings is 1. The minimum absolute atomic E-state index is 0.0875. The van der Waals surface area contributed by atoms with Gasteiger partial charge in [0.25, 0.3) is 5.91 Å². The fourth-order valence-electron chi connectivity index (χ4n) is 1.41. The summed E-state index contributed by atoms with van der Waals surface area (Å²) >= 11 is 0. The van der Waals surface area contributed by atoms with Crippen LogP contribution < -0.4 is 11.1 Å². The molecule has 0 aliphatic rings. The predicted octanol–water partition coefficient (Wildman–Crippen LogP) is 0.757. The fourth-order valence-corrected chi connectivity index (χ4v) is 1.41. The second-order valence-electron chi connectivity index (χ2n) is 3.99. The molecule has 1 aromatic rings. The molecule has 19 heavy (non-hydrogen) atoms. The molecule has 1 rings (SSSR count). The molecule has 0 unspecified atom stereocenters. The normalized spacial score (nSPS) is 10.4. The molecule has 1 amide bonds. The largest absolute Gasteiger partial charge is 0.506 e. The van der Waals surface area contributed by atoms with E-state index in [2.05, 4.69) is 5.32 Å². The lowest BCUT2D eigenvalue weighted by Crippen LogP contribution is -2.25. The molecule has 0 radical (unpaired) electrons. The lowest BCUT2D eigenvalue weighted by Gasteiger charge is -2.07. The van der Waals surface area contributed by atoms with Crippen LogP contribution in [0.2, 0.25) is 0 Å². The van der Waals surface area contributed by atoms with Gasteiger partial charge in [0, 0.05) is 25.8 Å². The number of nitrogens with two attached hydrogens (primary N) is 1. The van der Waals surface area contributed by atoms with Gasteiger partial charge in [-0.3, -0.25) is 4.79 Å². The number of methoxy groups -OCH3 is 1. The number of phenolic OH excluding ortho intramolecular Hbond substituents is 1. The first kappa shape index (κ1) is 15.3. The van der Waals surface area contributed by atoms with Crippen molar-refractivity contribution < 1.29 is 19.4 Å². The highest BCUT2D eigenvalue weighted by atomic mass is 16.5. The number of amides is 1. The average molecular weight is 268 g/mol. The summed E-state index contributed by atoms with van der Waals surface area (Å²) in [5.74, 6) is -0.331. The minimum Gasteiger partial charge on any atom is -0.506 e. The summed E-state index contributed by atoms with van der Waals surface area (Å²) in [5.41, 5.74) is 6.09. The molecule has 0 saturated carbocycles. The standard InChI is InChI=1S/C13H20N2O4/c1-18-7-8-19-6-2-5-15-13(17)10-3-4-11(14)12(16)9-10/h3-4,9,16H,2,5-8,14H2,1H3,(H,15,17). The summed E-state index contributed by atoms with van der Waals surface area (Å²) in [5, 5.41) is 12.1. The van der Waals surface area contributed by atoms with Crippen LogP contribution in [0.4, 0.5) is 5.69 Å². The Labute approximate surface area is 112 Å². The zero-order valence-electron chi connectivity index (χ0n) is 11.0. The van der Waals surface area contributed by atoms with Crippen molar-refractivity contribution in [2.75, 3.05) is 39.2 Å². The number of anilines is 1. The number of carbonyl (C=O) groups excluding carboxylic acids is 1. The third-order valence-electron chi connectivity index (χ3n) is 2.48. The monoisotopic (exact) mass is 268 g/mol. The van der Waals surface area contributed by atoms with Crippen LogP contribution >= 0.6 is 0 Å². The van der Waals surface area contributed by atoms with E-state index in [1.165, 1.54) is 12.1 Å². The van der Waals surface area contributed by atoms with Crippen LogP contribution in [0.15, 0.2) is 18.2 Å². The van der Waals surface area contributed by atoms with Crippen molar-refractivity contribution in [3.05, 3.63) is 23.8 Å². The van der Waals surface area contributed by atoms with Gasteiger partial charge in [0.1, 0.15) is 5.75 Å². The highest BCUT2D eigenvalue weighted by Crippen LogP contribution is 2.20. The van der Waals surface area contributed by atoms with Crippen LogP contribution in [-0.4, -0.2) is 44.5 Å². The number of phenols is 1. The Kier molecular flexibility index (Phi) is 6.70. The molecule has 0 aromatic heterocycles. The summed E-state index contributed by atoms with van der Waals surface area (Å²) in [6.45, 7) is 2.20. The number of hydrogen-bond acceptors (Lipinski definition) is 5. The van der Waals surface area contributed by atoms with Crippen molar-refractivity contribution in [3.63, 3.8) is 0 Å². The molecule has 1 aromatic carbocycles. The summed E-state index contributed by atoms with van der Waals surface area (Å²) in [4.78, 5) is 11.7. The Balaban J connectivity index is 2.22. The third kappa shape index (κ3) is 5.58. The molecule has 106 valence electrons. The molecule has 6 nitrogen and oxygen atoms in total. The maximum absolute atomic E-state index is 11.7. The molecule has 0 fully saturated rings. The molecule has 0 heterocycles. The smallest absolute Gasteiger partial charge is 0.251 e. The number of nitrogen functional groups attached to an aromatic ring is 1. The Bertz CT molecular complexity index is 410. The topological polar surface area (TPSA) is 93.8 Å². The van der Waals surface area contributed by atoms with Crippen molar-refractivity contribution in [2.24, 2.45) is 0 Å². The van der Waals surface area contributed by atoms with Crippen molar-refractivity contribution in [1.29, 1.82) is 0 Å². The fraction of sp³-hybridized carbons (Fsp3) is 0.462. The third-order valence-corrected chi connectivity index (χ3v) is 2.48. The van der Waals surface area contributed by atoms with Gasteiger partial charge in [0.15, 0.2) is 0 Å². The molecule has 0 saturated heterocycles. The van der Waals surface area contributed by atoms with Crippen molar-refractivity contribution in [3.8, 4) is 5.75 Å². The van der Waals surface area contributed by atoms with Crippen molar-refractivity contribution >= 4 is 11.6 Å². The molecular weight excluding hydrogens is 248 g/mol. The van der Waals surface area contributed by atoms with Gasteiger partial charge in [-0.05, 0) is 24.6 Å². The molecule has 0 aliphatic heterocycles. The van der Waals surface area contributed by atoms with Gasteiger partial charge in [-0.15, -0.1) is 0 Å². The Morgan fingerprint density at radius 2 is 2.16 bits per heavy atom. The summed E-state index contributed by atoms with van der Waals surface area (Å²) in [7, 11) is 1.62. The molecule has 0 spiro atoms. The van der Waals surface area contributed by atoms with Crippen molar-refractivity contribution in [2.45, 2.75) is 6.42 Å². The van der Waals surface area contributed by atoms with Crippen LogP contribution in [0.1, 0.15) is 16.8 Å². The first-order valence-corrected chi connectivity index (χ1v) is 6.08. The van der Waals surface area contributed by atoms with Gasteiger partial charge in [-0.25, -0.2) is 0 Å². The highest BCUT2D eigenvalue weighted by Gasteiger charge is 2.07. The van der Waals surface area contributed by atoms with E-state index < -0.39 is 0 Å². The van der Waals surface area contributed by atoms with Crippen LogP contribution in [-0.2, 0) is 9.47 Å². The van der Waals surface area contributed by atoms with E-state index in [0.29, 0.717) is 31.9 Å². The predicted molar refractivity (Wildman–Crippen MR) is 72.2 cm³/mol. The van der Waals surface area contributed by atoms with Crippen LogP contribution in [0.25, 0.3) is 0 Å². The number of rotatable bonds is 8. The van der Waals surface area contributed by atoms with Gasteiger partial charge in [-0.2, -0.15) is 0 Å².